The van der Waals surface area contributed by atoms with Crippen LogP contribution in [0.5, 0.6) is 0 Å². The van der Waals surface area contributed by atoms with Gasteiger partial charge in [-0.05, 0) is 48.2 Å². The molecule has 18 heavy (non-hydrogen) atoms. The first kappa shape index (κ1) is 13.1. The van der Waals surface area contributed by atoms with Crippen molar-refractivity contribution in [2.24, 2.45) is 5.84 Å². The SMILES string of the molecule is Cc1cccc(C)c1C(NN)c1cccc(Cl)c1. The van der Waals surface area contributed by atoms with Crippen LogP contribution in [0.15, 0.2) is 42.5 Å². The number of benzene rings is 2. The van der Waals surface area contributed by atoms with Crippen molar-refractivity contribution in [3.05, 3.63) is 69.7 Å². The summed E-state index contributed by atoms with van der Waals surface area (Å²) in [6, 6.07) is 14.0. The van der Waals surface area contributed by atoms with Gasteiger partial charge in [-0.1, -0.05) is 41.9 Å². The highest BCUT2D eigenvalue weighted by Crippen LogP contribution is 2.28. The van der Waals surface area contributed by atoms with Gasteiger partial charge in [-0.2, -0.15) is 0 Å². The number of halogens is 1. The van der Waals surface area contributed by atoms with Crippen molar-refractivity contribution in [3.63, 3.8) is 0 Å². The summed E-state index contributed by atoms with van der Waals surface area (Å²) in [7, 11) is 0. The van der Waals surface area contributed by atoms with Gasteiger partial charge in [0.25, 0.3) is 0 Å². The highest BCUT2D eigenvalue weighted by molar-refractivity contribution is 6.30. The molecule has 0 heterocycles. The standard InChI is InChI=1S/C15H17ClN2/c1-10-5-3-6-11(2)14(10)15(18-17)12-7-4-8-13(16)9-12/h3-9,15,18H,17H2,1-2H3. The van der Waals surface area contributed by atoms with E-state index in [9.17, 15) is 0 Å². The summed E-state index contributed by atoms with van der Waals surface area (Å²) < 4.78 is 0. The second-order valence-electron chi connectivity index (χ2n) is 4.46. The topological polar surface area (TPSA) is 38.0 Å². The molecule has 2 aromatic rings. The van der Waals surface area contributed by atoms with Gasteiger partial charge in [-0.25, -0.2) is 5.43 Å². The van der Waals surface area contributed by atoms with Crippen LogP contribution in [0.4, 0.5) is 0 Å². The Kier molecular flexibility index (Phi) is 4.02. The average Bonchev–Trinajstić information content (AvgIpc) is 2.34. The molecule has 0 amide bonds. The number of hydrogen-bond acceptors (Lipinski definition) is 2. The summed E-state index contributed by atoms with van der Waals surface area (Å²) >= 11 is 6.04. The fraction of sp³-hybridized carbons (Fsp3) is 0.200. The van der Waals surface area contributed by atoms with E-state index in [1.54, 1.807) is 0 Å². The number of aryl methyl sites for hydroxylation is 2. The molecular formula is C15H17ClN2. The minimum absolute atomic E-state index is 0.0371. The van der Waals surface area contributed by atoms with Crippen molar-refractivity contribution >= 4 is 11.6 Å². The normalized spacial score (nSPS) is 12.4. The molecule has 0 saturated heterocycles. The van der Waals surface area contributed by atoms with Crippen molar-refractivity contribution < 1.29 is 0 Å². The van der Waals surface area contributed by atoms with Crippen molar-refractivity contribution in [2.45, 2.75) is 19.9 Å². The number of nitrogens with one attached hydrogen (secondary N) is 1. The molecule has 0 bridgehead atoms. The van der Waals surface area contributed by atoms with Crippen LogP contribution < -0.4 is 11.3 Å². The molecule has 0 radical (unpaired) electrons. The molecule has 1 atom stereocenters. The van der Waals surface area contributed by atoms with E-state index in [1.165, 1.54) is 16.7 Å². The van der Waals surface area contributed by atoms with Gasteiger partial charge in [0.1, 0.15) is 0 Å². The molecule has 0 aliphatic carbocycles. The van der Waals surface area contributed by atoms with Gasteiger partial charge in [0, 0.05) is 5.02 Å². The lowest BCUT2D eigenvalue weighted by Crippen LogP contribution is -2.30. The Bertz CT molecular complexity index is 532. The maximum Gasteiger partial charge on any atom is 0.0715 e. The van der Waals surface area contributed by atoms with Crippen LogP contribution in [0, 0.1) is 13.8 Å². The summed E-state index contributed by atoms with van der Waals surface area (Å²) in [5, 5.41) is 0.721. The van der Waals surface area contributed by atoms with Crippen molar-refractivity contribution in [2.75, 3.05) is 0 Å². The molecule has 1 unspecified atom stereocenters. The Balaban J connectivity index is 2.52. The molecule has 0 aliphatic heterocycles. The van der Waals surface area contributed by atoms with E-state index in [0.717, 1.165) is 10.6 Å². The smallest absolute Gasteiger partial charge is 0.0715 e. The molecule has 0 aliphatic rings. The molecule has 2 nitrogen and oxygen atoms in total. The largest absolute Gasteiger partial charge is 0.271 e. The fourth-order valence-corrected chi connectivity index (χ4v) is 2.51. The highest BCUT2D eigenvalue weighted by Gasteiger charge is 2.16. The third kappa shape index (κ3) is 2.56. The molecule has 3 heteroatoms. The lowest BCUT2D eigenvalue weighted by molar-refractivity contribution is 0.630. The number of hydrogen-bond donors (Lipinski definition) is 2. The number of nitrogens with two attached hydrogens (primary N) is 1. The molecule has 0 saturated carbocycles. The van der Waals surface area contributed by atoms with Gasteiger partial charge in [0.15, 0.2) is 0 Å². The number of hydrazine groups is 1. The monoisotopic (exact) mass is 260 g/mol. The zero-order valence-electron chi connectivity index (χ0n) is 10.6. The van der Waals surface area contributed by atoms with Crippen LogP contribution in [-0.4, -0.2) is 0 Å². The van der Waals surface area contributed by atoms with E-state index in [1.807, 2.05) is 24.3 Å². The van der Waals surface area contributed by atoms with E-state index in [0.29, 0.717) is 0 Å². The Morgan fingerprint density at radius 2 is 1.67 bits per heavy atom. The summed E-state index contributed by atoms with van der Waals surface area (Å²) in [5.41, 5.74) is 7.61. The lowest BCUT2D eigenvalue weighted by Gasteiger charge is -2.21. The Hall–Kier alpha value is -1.35. The van der Waals surface area contributed by atoms with E-state index >= 15 is 0 Å². The summed E-state index contributed by atoms with van der Waals surface area (Å²) in [4.78, 5) is 0. The maximum atomic E-state index is 6.04. The van der Waals surface area contributed by atoms with Crippen molar-refractivity contribution in [1.29, 1.82) is 0 Å². The van der Waals surface area contributed by atoms with Crippen LogP contribution >= 0.6 is 11.6 Å². The van der Waals surface area contributed by atoms with E-state index in [4.69, 9.17) is 17.4 Å². The molecule has 2 rings (SSSR count). The van der Waals surface area contributed by atoms with Crippen LogP contribution in [-0.2, 0) is 0 Å². The minimum atomic E-state index is -0.0371. The molecule has 0 fully saturated rings. The molecule has 3 N–H and O–H groups in total. The summed E-state index contributed by atoms with van der Waals surface area (Å²) in [6.07, 6.45) is 0. The van der Waals surface area contributed by atoms with E-state index < -0.39 is 0 Å². The third-order valence-corrected chi connectivity index (χ3v) is 3.41. The van der Waals surface area contributed by atoms with Crippen molar-refractivity contribution in [1.82, 2.24) is 5.43 Å². The predicted octanol–water partition coefficient (Wildman–Crippen LogP) is 3.51. The number of rotatable bonds is 3. The van der Waals surface area contributed by atoms with Gasteiger partial charge >= 0.3 is 0 Å². The molecule has 0 aromatic heterocycles. The summed E-state index contributed by atoms with van der Waals surface area (Å²) in [6.45, 7) is 4.19. The Labute approximate surface area is 113 Å². The Morgan fingerprint density at radius 1 is 1.06 bits per heavy atom. The third-order valence-electron chi connectivity index (χ3n) is 3.18. The van der Waals surface area contributed by atoms with Crippen LogP contribution in [0.25, 0.3) is 0 Å². The van der Waals surface area contributed by atoms with E-state index in [2.05, 4.69) is 37.5 Å². The van der Waals surface area contributed by atoms with Gasteiger partial charge in [-0.15, -0.1) is 0 Å². The van der Waals surface area contributed by atoms with Gasteiger partial charge in [0.2, 0.25) is 0 Å². The maximum absolute atomic E-state index is 6.04. The molecule has 94 valence electrons. The zero-order chi connectivity index (χ0) is 13.1. The fourth-order valence-electron chi connectivity index (χ4n) is 2.32. The molecule has 0 spiro atoms. The van der Waals surface area contributed by atoms with Crippen LogP contribution in [0.1, 0.15) is 28.3 Å². The highest BCUT2D eigenvalue weighted by atomic mass is 35.5. The van der Waals surface area contributed by atoms with Crippen LogP contribution in [0.2, 0.25) is 5.02 Å². The first-order valence-corrected chi connectivity index (χ1v) is 6.29. The Morgan fingerprint density at radius 3 is 2.22 bits per heavy atom. The lowest BCUT2D eigenvalue weighted by atomic mass is 9.92. The van der Waals surface area contributed by atoms with E-state index in [-0.39, 0.29) is 6.04 Å². The second-order valence-corrected chi connectivity index (χ2v) is 4.90. The van der Waals surface area contributed by atoms with Gasteiger partial charge < -0.3 is 0 Å². The second kappa shape index (κ2) is 5.53. The zero-order valence-corrected chi connectivity index (χ0v) is 11.3. The van der Waals surface area contributed by atoms with Crippen molar-refractivity contribution in [3.8, 4) is 0 Å². The molecule has 2 aromatic carbocycles. The quantitative estimate of drug-likeness (QED) is 0.655. The first-order chi connectivity index (χ1) is 8.63. The predicted molar refractivity (Wildman–Crippen MR) is 76.5 cm³/mol. The summed E-state index contributed by atoms with van der Waals surface area (Å²) in [5.74, 6) is 5.73. The van der Waals surface area contributed by atoms with Gasteiger partial charge in [-0.3, -0.25) is 5.84 Å². The average molecular weight is 261 g/mol. The van der Waals surface area contributed by atoms with Crippen LogP contribution in [0.3, 0.4) is 0 Å². The first-order valence-electron chi connectivity index (χ1n) is 5.91. The molecular weight excluding hydrogens is 244 g/mol. The van der Waals surface area contributed by atoms with Gasteiger partial charge in [0.05, 0.1) is 6.04 Å². The minimum Gasteiger partial charge on any atom is -0.271 e.